The summed E-state index contributed by atoms with van der Waals surface area (Å²) in [4.78, 5) is 2.49. The van der Waals surface area contributed by atoms with Crippen molar-refractivity contribution in [3.63, 3.8) is 0 Å². The Morgan fingerprint density at radius 1 is 1.21 bits per heavy atom. The van der Waals surface area contributed by atoms with Crippen LogP contribution in [0.15, 0.2) is 24.3 Å². The summed E-state index contributed by atoms with van der Waals surface area (Å²) in [6.07, 6.45) is 1.33. The number of hydrogen-bond donors (Lipinski definition) is 0. The molecule has 0 bridgehead atoms. The quantitative estimate of drug-likeness (QED) is 0.819. The molecule has 1 heterocycles. The monoisotopic (exact) mass is 261 g/mol. The van der Waals surface area contributed by atoms with Crippen LogP contribution in [0.25, 0.3) is 0 Å². The van der Waals surface area contributed by atoms with Gasteiger partial charge in [0.2, 0.25) is 0 Å². The van der Waals surface area contributed by atoms with Gasteiger partial charge >= 0.3 is 0 Å². The topological polar surface area (TPSA) is 12.5 Å². The molecule has 1 saturated heterocycles. The van der Waals surface area contributed by atoms with Gasteiger partial charge in [0, 0.05) is 13.1 Å². The normalized spacial score (nSPS) is 20.7. The third kappa shape index (κ3) is 4.24. The van der Waals surface area contributed by atoms with Gasteiger partial charge in [-0.2, -0.15) is 0 Å². The molecule has 0 aliphatic carbocycles. The standard InChI is InChI=1S/C17H27NO/c1-14-9-10-18(13-14)11-12-19-16-7-5-15(6-8-16)17(2,3)4/h5-8,14H,9-13H2,1-4H3/t14-/m0/s1. The third-order valence-electron chi connectivity index (χ3n) is 3.90. The third-order valence-corrected chi connectivity index (χ3v) is 3.90. The molecule has 0 aromatic heterocycles. The van der Waals surface area contributed by atoms with Crippen LogP contribution in [0.2, 0.25) is 0 Å². The molecule has 2 nitrogen and oxygen atoms in total. The van der Waals surface area contributed by atoms with Crippen molar-refractivity contribution in [3.8, 4) is 5.75 Å². The first-order valence-electron chi connectivity index (χ1n) is 7.41. The van der Waals surface area contributed by atoms with E-state index in [0.717, 1.165) is 24.8 Å². The summed E-state index contributed by atoms with van der Waals surface area (Å²) in [5, 5.41) is 0. The lowest BCUT2D eigenvalue weighted by Gasteiger charge is -2.19. The molecule has 106 valence electrons. The van der Waals surface area contributed by atoms with E-state index < -0.39 is 0 Å². The van der Waals surface area contributed by atoms with Gasteiger partial charge in [-0.05, 0) is 42.0 Å². The lowest BCUT2D eigenvalue weighted by Crippen LogP contribution is -2.25. The molecular weight excluding hydrogens is 234 g/mol. The Morgan fingerprint density at radius 3 is 2.42 bits per heavy atom. The molecule has 1 atom stereocenters. The first kappa shape index (κ1) is 14.4. The molecule has 1 fully saturated rings. The number of likely N-dealkylation sites (tertiary alicyclic amines) is 1. The molecule has 1 aliphatic rings. The maximum absolute atomic E-state index is 5.83. The number of ether oxygens (including phenoxy) is 1. The predicted molar refractivity (Wildman–Crippen MR) is 80.9 cm³/mol. The summed E-state index contributed by atoms with van der Waals surface area (Å²) in [7, 11) is 0. The Bertz CT molecular complexity index is 391. The van der Waals surface area contributed by atoms with Gasteiger partial charge < -0.3 is 4.74 Å². The highest BCUT2D eigenvalue weighted by molar-refractivity contribution is 5.31. The zero-order valence-corrected chi connectivity index (χ0v) is 12.8. The molecule has 0 unspecified atom stereocenters. The summed E-state index contributed by atoms with van der Waals surface area (Å²) in [5.74, 6) is 1.84. The van der Waals surface area contributed by atoms with Gasteiger partial charge in [-0.15, -0.1) is 0 Å². The van der Waals surface area contributed by atoms with Crippen LogP contribution in [0.4, 0.5) is 0 Å². The van der Waals surface area contributed by atoms with Gasteiger partial charge in [0.1, 0.15) is 12.4 Å². The van der Waals surface area contributed by atoms with Crippen molar-refractivity contribution in [3.05, 3.63) is 29.8 Å². The van der Waals surface area contributed by atoms with Gasteiger partial charge in [-0.3, -0.25) is 4.90 Å². The molecule has 2 heteroatoms. The van der Waals surface area contributed by atoms with Crippen LogP contribution in [0.5, 0.6) is 5.75 Å². The van der Waals surface area contributed by atoms with E-state index in [2.05, 4.69) is 56.9 Å². The van der Waals surface area contributed by atoms with Crippen LogP contribution < -0.4 is 4.74 Å². The molecule has 1 aromatic carbocycles. The van der Waals surface area contributed by atoms with Crippen LogP contribution in [0.1, 0.15) is 39.7 Å². The second-order valence-electron chi connectivity index (χ2n) is 6.82. The zero-order valence-electron chi connectivity index (χ0n) is 12.8. The Kier molecular flexibility index (Phi) is 4.51. The second-order valence-corrected chi connectivity index (χ2v) is 6.82. The molecular formula is C17H27NO. The van der Waals surface area contributed by atoms with Crippen LogP contribution in [-0.4, -0.2) is 31.1 Å². The van der Waals surface area contributed by atoms with Gasteiger partial charge in [0.25, 0.3) is 0 Å². The summed E-state index contributed by atoms with van der Waals surface area (Å²) in [6, 6.07) is 8.53. The highest BCUT2D eigenvalue weighted by Crippen LogP contribution is 2.24. The van der Waals surface area contributed by atoms with Gasteiger partial charge in [-0.1, -0.05) is 39.8 Å². The number of rotatable bonds is 4. The van der Waals surface area contributed by atoms with Crippen molar-refractivity contribution in [2.45, 2.75) is 39.5 Å². The van der Waals surface area contributed by atoms with Crippen molar-refractivity contribution in [1.29, 1.82) is 0 Å². The average molecular weight is 261 g/mol. The van der Waals surface area contributed by atoms with Crippen LogP contribution >= 0.6 is 0 Å². The molecule has 1 aliphatic heterocycles. The fourth-order valence-corrected chi connectivity index (χ4v) is 2.57. The molecule has 0 amide bonds. The van der Waals surface area contributed by atoms with E-state index in [1.54, 1.807) is 0 Å². The van der Waals surface area contributed by atoms with Crippen molar-refractivity contribution in [2.75, 3.05) is 26.2 Å². The smallest absolute Gasteiger partial charge is 0.119 e. The highest BCUT2D eigenvalue weighted by Gasteiger charge is 2.18. The summed E-state index contributed by atoms with van der Waals surface area (Å²) in [6.45, 7) is 13.3. The number of benzene rings is 1. The Morgan fingerprint density at radius 2 is 1.89 bits per heavy atom. The van der Waals surface area contributed by atoms with Gasteiger partial charge in [0.15, 0.2) is 0 Å². The van der Waals surface area contributed by atoms with E-state index in [-0.39, 0.29) is 5.41 Å². The molecule has 2 rings (SSSR count). The average Bonchev–Trinajstić information content (AvgIpc) is 2.75. The SMILES string of the molecule is C[C@H]1CCN(CCOc2ccc(C(C)(C)C)cc2)C1. The van der Waals surface area contributed by atoms with Gasteiger partial charge in [0.05, 0.1) is 0 Å². The largest absolute Gasteiger partial charge is 0.492 e. The van der Waals surface area contributed by atoms with E-state index in [1.165, 1.54) is 25.1 Å². The maximum atomic E-state index is 5.83. The zero-order chi connectivity index (χ0) is 13.9. The summed E-state index contributed by atoms with van der Waals surface area (Å²) in [5.41, 5.74) is 1.57. The number of hydrogen-bond acceptors (Lipinski definition) is 2. The van der Waals surface area contributed by atoms with E-state index in [0.29, 0.717) is 0 Å². The van der Waals surface area contributed by atoms with E-state index >= 15 is 0 Å². The minimum atomic E-state index is 0.213. The first-order valence-corrected chi connectivity index (χ1v) is 7.41. The van der Waals surface area contributed by atoms with Crippen LogP contribution in [0, 0.1) is 5.92 Å². The second kappa shape index (κ2) is 5.96. The first-order chi connectivity index (χ1) is 8.95. The Balaban J connectivity index is 1.77. The van der Waals surface area contributed by atoms with E-state index in [9.17, 15) is 0 Å². The van der Waals surface area contributed by atoms with Crippen molar-refractivity contribution < 1.29 is 4.74 Å². The molecule has 19 heavy (non-hydrogen) atoms. The van der Waals surface area contributed by atoms with Crippen LogP contribution in [0.3, 0.4) is 0 Å². The summed E-state index contributed by atoms with van der Waals surface area (Å²) >= 11 is 0. The van der Waals surface area contributed by atoms with E-state index in [4.69, 9.17) is 4.74 Å². The lowest BCUT2D eigenvalue weighted by molar-refractivity contribution is 0.234. The predicted octanol–water partition coefficient (Wildman–Crippen LogP) is 3.70. The number of nitrogens with zero attached hydrogens (tertiary/aromatic N) is 1. The lowest BCUT2D eigenvalue weighted by atomic mass is 9.87. The minimum Gasteiger partial charge on any atom is -0.492 e. The van der Waals surface area contributed by atoms with Crippen molar-refractivity contribution in [1.82, 2.24) is 4.90 Å². The Labute approximate surface area is 117 Å². The van der Waals surface area contributed by atoms with Crippen molar-refractivity contribution in [2.24, 2.45) is 5.92 Å². The van der Waals surface area contributed by atoms with Gasteiger partial charge in [-0.25, -0.2) is 0 Å². The fraction of sp³-hybridized carbons (Fsp3) is 0.647. The maximum Gasteiger partial charge on any atom is 0.119 e. The molecule has 0 saturated carbocycles. The van der Waals surface area contributed by atoms with E-state index in [1.807, 2.05) is 0 Å². The highest BCUT2D eigenvalue weighted by atomic mass is 16.5. The van der Waals surface area contributed by atoms with Crippen molar-refractivity contribution >= 4 is 0 Å². The minimum absolute atomic E-state index is 0.213. The molecule has 0 N–H and O–H groups in total. The molecule has 0 spiro atoms. The Hall–Kier alpha value is -1.02. The molecule has 0 radical (unpaired) electrons. The molecule has 1 aromatic rings. The van der Waals surface area contributed by atoms with Crippen LogP contribution in [-0.2, 0) is 5.41 Å². The summed E-state index contributed by atoms with van der Waals surface area (Å²) < 4.78 is 5.83. The fourth-order valence-electron chi connectivity index (χ4n) is 2.57.